The van der Waals surface area contributed by atoms with Crippen LogP contribution in [0.2, 0.25) is 0 Å². The first-order chi connectivity index (χ1) is 7.58. The number of hydrogen-bond acceptors (Lipinski definition) is 4. The largest absolute Gasteiger partial charge is 0.306 e. The third-order valence-corrected chi connectivity index (χ3v) is 4.67. The lowest BCUT2D eigenvalue weighted by Gasteiger charge is -2.21. The van der Waals surface area contributed by atoms with Crippen LogP contribution in [0.5, 0.6) is 0 Å². The van der Waals surface area contributed by atoms with Gasteiger partial charge in [0.1, 0.15) is 0 Å². The first-order valence-corrected chi connectivity index (χ1v) is 7.98. The molecule has 0 saturated heterocycles. The van der Waals surface area contributed by atoms with E-state index >= 15 is 0 Å². The summed E-state index contributed by atoms with van der Waals surface area (Å²) in [5.74, 6) is 1.18. The molecule has 1 heterocycles. The molecule has 16 heavy (non-hydrogen) atoms. The standard InChI is InChI=1S/C12H22N2S2/c1-6-11(7-15-5)14-9(3)12-8(2)13-10(4)16-12/h9,11,14H,6-7H2,1-5H3. The highest BCUT2D eigenvalue weighted by molar-refractivity contribution is 7.98. The van der Waals surface area contributed by atoms with Crippen molar-refractivity contribution in [2.45, 2.75) is 46.2 Å². The Morgan fingerprint density at radius 3 is 2.56 bits per heavy atom. The van der Waals surface area contributed by atoms with Gasteiger partial charge in [-0.2, -0.15) is 11.8 Å². The molecule has 0 aliphatic carbocycles. The number of hydrogen-bond donors (Lipinski definition) is 1. The van der Waals surface area contributed by atoms with Gasteiger partial charge in [0.15, 0.2) is 0 Å². The molecule has 0 spiro atoms. The molecule has 0 saturated carbocycles. The summed E-state index contributed by atoms with van der Waals surface area (Å²) in [7, 11) is 0. The van der Waals surface area contributed by atoms with Crippen molar-refractivity contribution in [2.75, 3.05) is 12.0 Å². The van der Waals surface area contributed by atoms with Gasteiger partial charge in [-0.1, -0.05) is 6.92 Å². The van der Waals surface area contributed by atoms with Gasteiger partial charge in [-0.25, -0.2) is 4.98 Å². The monoisotopic (exact) mass is 258 g/mol. The van der Waals surface area contributed by atoms with Gasteiger partial charge in [0.25, 0.3) is 0 Å². The summed E-state index contributed by atoms with van der Waals surface area (Å²) in [5, 5.41) is 4.85. The van der Waals surface area contributed by atoms with Crippen LogP contribution >= 0.6 is 23.1 Å². The molecule has 0 radical (unpaired) electrons. The summed E-state index contributed by atoms with van der Waals surface area (Å²) in [6.45, 7) is 8.66. The van der Waals surface area contributed by atoms with Crippen molar-refractivity contribution < 1.29 is 0 Å². The minimum atomic E-state index is 0.420. The third kappa shape index (κ3) is 3.75. The lowest BCUT2D eigenvalue weighted by molar-refractivity contribution is 0.478. The summed E-state index contributed by atoms with van der Waals surface area (Å²) < 4.78 is 0. The average molecular weight is 258 g/mol. The maximum absolute atomic E-state index is 4.48. The van der Waals surface area contributed by atoms with E-state index in [4.69, 9.17) is 0 Å². The molecule has 2 unspecified atom stereocenters. The summed E-state index contributed by atoms with van der Waals surface area (Å²) in [6.07, 6.45) is 3.35. The van der Waals surface area contributed by atoms with Crippen molar-refractivity contribution in [2.24, 2.45) is 0 Å². The molecule has 4 heteroatoms. The van der Waals surface area contributed by atoms with Crippen molar-refractivity contribution in [1.29, 1.82) is 0 Å². The first-order valence-electron chi connectivity index (χ1n) is 5.77. The molecule has 0 fully saturated rings. The van der Waals surface area contributed by atoms with Crippen molar-refractivity contribution in [3.63, 3.8) is 0 Å². The summed E-state index contributed by atoms with van der Waals surface area (Å²) >= 11 is 3.72. The number of aromatic nitrogens is 1. The van der Waals surface area contributed by atoms with Crippen LogP contribution in [0.1, 0.15) is 41.9 Å². The van der Waals surface area contributed by atoms with Gasteiger partial charge in [-0.3, -0.25) is 0 Å². The topological polar surface area (TPSA) is 24.9 Å². The van der Waals surface area contributed by atoms with E-state index in [1.54, 1.807) is 0 Å². The highest BCUT2D eigenvalue weighted by atomic mass is 32.2. The number of rotatable bonds is 6. The number of nitrogens with one attached hydrogen (secondary N) is 1. The van der Waals surface area contributed by atoms with Gasteiger partial charge < -0.3 is 5.32 Å². The van der Waals surface area contributed by atoms with Crippen molar-refractivity contribution >= 4 is 23.1 Å². The van der Waals surface area contributed by atoms with Gasteiger partial charge >= 0.3 is 0 Å². The van der Waals surface area contributed by atoms with Crippen LogP contribution in [-0.2, 0) is 0 Å². The molecular weight excluding hydrogens is 236 g/mol. The van der Waals surface area contributed by atoms with Gasteiger partial charge in [0.05, 0.1) is 10.7 Å². The molecule has 0 aliphatic rings. The molecule has 92 valence electrons. The Labute approximate surface area is 107 Å². The van der Waals surface area contributed by atoms with Crippen LogP contribution in [0.25, 0.3) is 0 Å². The van der Waals surface area contributed by atoms with E-state index in [1.165, 1.54) is 27.8 Å². The lowest BCUT2D eigenvalue weighted by atomic mass is 10.2. The normalized spacial score (nSPS) is 15.1. The second-order valence-electron chi connectivity index (χ2n) is 4.13. The SMILES string of the molecule is CCC(CSC)NC(C)c1sc(C)nc1C. The summed E-state index contributed by atoms with van der Waals surface area (Å²) in [5.41, 5.74) is 1.18. The molecule has 1 rings (SSSR count). The summed E-state index contributed by atoms with van der Waals surface area (Å²) in [4.78, 5) is 5.87. The van der Waals surface area contributed by atoms with Gasteiger partial charge in [-0.05, 0) is 33.4 Å². The van der Waals surface area contributed by atoms with E-state index in [2.05, 4.69) is 44.3 Å². The predicted molar refractivity (Wildman–Crippen MR) is 75.6 cm³/mol. The molecular formula is C12H22N2S2. The van der Waals surface area contributed by atoms with Gasteiger partial charge in [0.2, 0.25) is 0 Å². The molecule has 2 nitrogen and oxygen atoms in total. The number of aryl methyl sites for hydroxylation is 2. The van der Waals surface area contributed by atoms with E-state index in [0.717, 1.165) is 0 Å². The Bertz CT molecular complexity index is 323. The average Bonchev–Trinajstić information content (AvgIpc) is 2.57. The van der Waals surface area contributed by atoms with E-state index in [-0.39, 0.29) is 0 Å². The lowest BCUT2D eigenvalue weighted by Crippen LogP contribution is -2.32. The molecule has 0 amide bonds. The van der Waals surface area contributed by atoms with Crippen LogP contribution in [0.3, 0.4) is 0 Å². The van der Waals surface area contributed by atoms with Crippen LogP contribution in [-0.4, -0.2) is 23.0 Å². The second kappa shape index (κ2) is 6.62. The second-order valence-corrected chi connectivity index (χ2v) is 6.28. The molecule has 1 aromatic rings. The van der Waals surface area contributed by atoms with Gasteiger partial charge in [0, 0.05) is 22.7 Å². The maximum Gasteiger partial charge on any atom is 0.0900 e. The minimum absolute atomic E-state index is 0.420. The molecule has 0 bridgehead atoms. The minimum Gasteiger partial charge on any atom is -0.306 e. The highest BCUT2D eigenvalue weighted by Gasteiger charge is 2.15. The van der Waals surface area contributed by atoms with Gasteiger partial charge in [-0.15, -0.1) is 11.3 Å². The fourth-order valence-corrected chi connectivity index (χ4v) is 3.54. The Morgan fingerprint density at radius 2 is 2.12 bits per heavy atom. The summed E-state index contributed by atoms with van der Waals surface area (Å²) in [6, 6.07) is 1.02. The zero-order valence-corrected chi connectivity index (χ0v) is 12.5. The van der Waals surface area contributed by atoms with Crippen molar-refractivity contribution in [1.82, 2.24) is 10.3 Å². The molecule has 0 aliphatic heterocycles. The fourth-order valence-electron chi connectivity index (χ4n) is 1.86. The highest BCUT2D eigenvalue weighted by Crippen LogP contribution is 2.25. The van der Waals surface area contributed by atoms with Crippen LogP contribution in [0.4, 0.5) is 0 Å². The van der Waals surface area contributed by atoms with E-state index in [1.807, 2.05) is 23.1 Å². The van der Waals surface area contributed by atoms with E-state index in [9.17, 15) is 0 Å². The third-order valence-electron chi connectivity index (χ3n) is 2.68. The molecule has 1 N–H and O–H groups in total. The Kier molecular flexibility index (Phi) is 5.79. The van der Waals surface area contributed by atoms with Crippen LogP contribution in [0.15, 0.2) is 0 Å². The van der Waals surface area contributed by atoms with E-state index in [0.29, 0.717) is 12.1 Å². The molecule has 1 aromatic heterocycles. The number of thioether (sulfide) groups is 1. The van der Waals surface area contributed by atoms with Crippen molar-refractivity contribution in [3.8, 4) is 0 Å². The predicted octanol–water partition coefficient (Wildman–Crippen LogP) is 3.55. The van der Waals surface area contributed by atoms with E-state index < -0.39 is 0 Å². The van der Waals surface area contributed by atoms with Crippen molar-refractivity contribution in [3.05, 3.63) is 15.6 Å². The fraction of sp³-hybridized carbons (Fsp3) is 0.750. The number of thiazole rings is 1. The van der Waals surface area contributed by atoms with Crippen LogP contribution in [0, 0.1) is 13.8 Å². The first kappa shape index (κ1) is 14.0. The maximum atomic E-state index is 4.48. The smallest absolute Gasteiger partial charge is 0.0900 e. The Morgan fingerprint density at radius 1 is 1.44 bits per heavy atom. The Hall–Kier alpha value is -0.0600. The molecule has 0 aromatic carbocycles. The zero-order chi connectivity index (χ0) is 12.1. The molecule has 2 atom stereocenters. The zero-order valence-electron chi connectivity index (χ0n) is 10.8. The number of nitrogens with zero attached hydrogens (tertiary/aromatic N) is 1. The Balaban J connectivity index is 2.63. The quantitative estimate of drug-likeness (QED) is 0.844. The van der Waals surface area contributed by atoms with Crippen LogP contribution < -0.4 is 5.32 Å².